The third-order valence-corrected chi connectivity index (χ3v) is 3.78. The molecule has 0 unspecified atom stereocenters. The second-order valence-corrected chi connectivity index (χ2v) is 4.56. The van der Waals surface area contributed by atoms with Crippen LogP contribution in [-0.4, -0.2) is 17.6 Å². The van der Waals surface area contributed by atoms with Gasteiger partial charge in [-0.25, -0.2) is 0 Å². The minimum absolute atomic E-state index is 0.0688. The fourth-order valence-corrected chi connectivity index (χ4v) is 3.00. The SMILES string of the molecule is CSc1cc(O)c(C=O)c2sccc12. The van der Waals surface area contributed by atoms with Crippen molar-refractivity contribution in [1.29, 1.82) is 0 Å². The van der Waals surface area contributed by atoms with Gasteiger partial charge in [-0.1, -0.05) is 0 Å². The lowest BCUT2D eigenvalue weighted by Gasteiger charge is -2.03. The Hall–Kier alpha value is -1.00. The molecule has 0 bridgehead atoms. The lowest BCUT2D eigenvalue weighted by molar-refractivity contribution is 0.112. The van der Waals surface area contributed by atoms with Crippen molar-refractivity contribution in [2.75, 3.05) is 6.26 Å². The fraction of sp³-hybridized carbons (Fsp3) is 0.100. The smallest absolute Gasteiger partial charge is 0.155 e. The van der Waals surface area contributed by atoms with E-state index in [9.17, 15) is 9.90 Å². The Balaban J connectivity index is 2.88. The summed E-state index contributed by atoms with van der Waals surface area (Å²) in [6.45, 7) is 0. The van der Waals surface area contributed by atoms with Gasteiger partial charge in [0.15, 0.2) is 6.29 Å². The van der Waals surface area contributed by atoms with Crippen LogP contribution in [0.5, 0.6) is 5.75 Å². The second-order valence-electron chi connectivity index (χ2n) is 2.79. The van der Waals surface area contributed by atoms with Crippen molar-refractivity contribution in [2.45, 2.75) is 4.90 Å². The van der Waals surface area contributed by atoms with E-state index < -0.39 is 0 Å². The number of thioether (sulfide) groups is 1. The van der Waals surface area contributed by atoms with E-state index in [0.29, 0.717) is 11.8 Å². The van der Waals surface area contributed by atoms with Crippen LogP contribution in [0.1, 0.15) is 10.4 Å². The number of phenolic OH excluding ortho intramolecular Hbond substituents is 1. The van der Waals surface area contributed by atoms with Gasteiger partial charge in [-0.05, 0) is 23.8 Å². The molecule has 0 atom stereocenters. The summed E-state index contributed by atoms with van der Waals surface area (Å²) in [6, 6.07) is 3.61. The maximum absolute atomic E-state index is 10.8. The highest BCUT2D eigenvalue weighted by Gasteiger charge is 2.11. The molecule has 2 nitrogen and oxygen atoms in total. The number of benzene rings is 1. The van der Waals surface area contributed by atoms with Gasteiger partial charge in [0, 0.05) is 15.0 Å². The summed E-state index contributed by atoms with van der Waals surface area (Å²) >= 11 is 3.04. The first kappa shape index (κ1) is 9.55. The third-order valence-electron chi connectivity index (χ3n) is 2.06. The van der Waals surface area contributed by atoms with Gasteiger partial charge in [0.2, 0.25) is 0 Å². The molecule has 0 radical (unpaired) electrons. The largest absolute Gasteiger partial charge is 0.507 e. The molecule has 1 aromatic carbocycles. The molecule has 0 saturated carbocycles. The summed E-state index contributed by atoms with van der Waals surface area (Å²) in [5.41, 5.74) is 0.396. The van der Waals surface area contributed by atoms with Crippen LogP contribution >= 0.6 is 23.1 Å². The Labute approximate surface area is 89.6 Å². The van der Waals surface area contributed by atoms with Gasteiger partial charge in [-0.15, -0.1) is 23.1 Å². The van der Waals surface area contributed by atoms with Crippen molar-refractivity contribution in [3.05, 3.63) is 23.1 Å². The molecule has 2 aromatic rings. The quantitative estimate of drug-likeness (QED) is 0.629. The van der Waals surface area contributed by atoms with E-state index >= 15 is 0 Å². The number of rotatable bonds is 2. The zero-order valence-corrected chi connectivity index (χ0v) is 9.11. The van der Waals surface area contributed by atoms with Crippen LogP contribution < -0.4 is 0 Å². The zero-order chi connectivity index (χ0) is 10.1. The number of hydrogen-bond acceptors (Lipinski definition) is 4. The van der Waals surface area contributed by atoms with Crippen LogP contribution in [0.4, 0.5) is 0 Å². The number of thiophene rings is 1. The number of aromatic hydroxyl groups is 1. The minimum Gasteiger partial charge on any atom is -0.507 e. The van der Waals surface area contributed by atoms with Gasteiger partial charge < -0.3 is 5.11 Å². The summed E-state index contributed by atoms with van der Waals surface area (Å²) in [6.07, 6.45) is 2.66. The second kappa shape index (κ2) is 3.63. The standard InChI is InChI=1S/C10H8O2S2/c1-13-9-4-8(12)7(5-11)10-6(9)2-3-14-10/h2-5,12H,1H3. The topological polar surface area (TPSA) is 37.3 Å². The van der Waals surface area contributed by atoms with E-state index in [4.69, 9.17) is 0 Å². The highest BCUT2D eigenvalue weighted by Crippen LogP contribution is 2.37. The van der Waals surface area contributed by atoms with E-state index in [-0.39, 0.29) is 5.75 Å². The van der Waals surface area contributed by atoms with Gasteiger partial charge >= 0.3 is 0 Å². The number of carbonyl (C=O) groups excluding carboxylic acids is 1. The highest BCUT2D eigenvalue weighted by atomic mass is 32.2. The van der Waals surface area contributed by atoms with Gasteiger partial charge in [-0.2, -0.15) is 0 Å². The van der Waals surface area contributed by atoms with E-state index in [2.05, 4.69) is 0 Å². The number of hydrogen-bond donors (Lipinski definition) is 1. The van der Waals surface area contributed by atoms with Gasteiger partial charge in [0.1, 0.15) is 5.75 Å². The summed E-state index contributed by atoms with van der Waals surface area (Å²) in [7, 11) is 0. The molecule has 72 valence electrons. The van der Waals surface area contributed by atoms with Crippen LogP contribution in [0, 0.1) is 0 Å². The molecule has 4 heteroatoms. The van der Waals surface area contributed by atoms with Gasteiger partial charge in [-0.3, -0.25) is 4.79 Å². The first-order valence-electron chi connectivity index (χ1n) is 4.00. The summed E-state index contributed by atoms with van der Waals surface area (Å²) in [4.78, 5) is 11.8. The van der Waals surface area contributed by atoms with Crippen molar-refractivity contribution in [2.24, 2.45) is 0 Å². The average molecular weight is 224 g/mol. The van der Waals surface area contributed by atoms with Crippen LogP contribution in [0.3, 0.4) is 0 Å². The van der Waals surface area contributed by atoms with Crippen molar-refractivity contribution >= 4 is 39.5 Å². The van der Waals surface area contributed by atoms with Crippen LogP contribution in [0.15, 0.2) is 22.4 Å². The molecule has 0 aliphatic heterocycles. The Bertz CT molecular complexity index is 488. The van der Waals surface area contributed by atoms with E-state index in [1.807, 2.05) is 17.7 Å². The maximum atomic E-state index is 10.8. The Kier molecular flexibility index (Phi) is 2.48. The lowest BCUT2D eigenvalue weighted by atomic mass is 10.1. The molecule has 14 heavy (non-hydrogen) atoms. The van der Waals surface area contributed by atoms with Crippen LogP contribution in [-0.2, 0) is 0 Å². The molecule has 2 rings (SSSR count). The molecule has 0 amide bonds. The molecule has 1 aromatic heterocycles. The summed E-state index contributed by atoms with van der Waals surface area (Å²) in [5.74, 6) is 0.0688. The lowest BCUT2D eigenvalue weighted by Crippen LogP contribution is -1.83. The number of phenols is 1. The van der Waals surface area contributed by atoms with Crippen LogP contribution in [0.2, 0.25) is 0 Å². The van der Waals surface area contributed by atoms with E-state index in [1.165, 1.54) is 11.3 Å². The van der Waals surface area contributed by atoms with Gasteiger partial charge in [0.25, 0.3) is 0 Å². The van der Waals surface area contributed by atoms with Crippen molar-refractivity contribution < 1.29 is 9.90 Å². The van der Waals surface area contributed by atoms with Crippen molar-refractivity contribution in [3.63, 3.8) is 0 Å². The minimum atomic E-state index is 0.0688. The zero-order valence-electron chi connectivity index (χ0n) is 7.48. The number of fused-ring (bicyclic) bond motifs is 1. The molecular formula is C10H8O2S2. The maximum Gasteiger partial charge on any atom is 0.155 e. The summed E-state index contributed by atoms with van der Waals surface area (Å²) in [5, 5.41) is 12.6. The highest BCUT2D eigenvalue weighted by molar-refractivity contribution is 7.98. The fourth-order valence-electron chi connectivity index (χ4n) is 1.39. The van der Waals surface area contributed by atoms with Gasteiger partial charge in [0.05, 0.1) is 5.56 Å². The monoisotopic (exact) mass is 224 g/mol. The molecule has 1 N–H and O–H groups in total. The predicted molar refractivity (Wildman–Crippen MR) is 60.7 cm³/mol. The third kappa shape index (κ3) is 1.31. The Morgan fingerprint density at radius 1 is 1.57 bits per heavy atom. The van der Waals surface area contributed by atoms with Crippen LogP contribution in [0.25, 0.3) is 10.1 Å². The predicted octanol–water partition coefficient (Wildman–Crippen LogP) is 3.14. The molecule has 1 heterocycles. The average Bonchev–Trinajstić information content (AvgIpc) is 2.65. The summed E-state index contributed by atoms with van der Waals surface area (Å²) < 4.78 is 0.865. The number of carbonyl (C=O) groups is 1. The molecule has 0 fully saturated rings. The molecule has 0 aliphatic carbocycles. The first-order chi connectivity index (χ1) is 6.77. The molecular weight excluding hydrogens is 216 g/mol. The normalized spacial score (nSPS) is 10.6. The Morgan fingerprint density at radius 2 is 2.36 bits per heavy atom. The Morgan fingerprint density at radius 3 is 3.00 bits per heavy atom. The molecule has 0 saturated heterocycles. The number of aldehydes is 1. The van der Waals surface area contributed by atoms with E-state index in [1.54, 1.807) is 17.8 Å². The van der Waals surface area contributed by atoms with E-state index in [0.717, 1.165) is 15.0 Å². The molecule has 0 aliphatic rings. The first-order valence-corrected chi connectivity index (χ1v) is 6.10. The molecule has 0 spiro atoms. The van der Waals surface area contributed by atoms with Crippen molar-refractivity contribution in [3.8, 4) is 5.75 Å². The van der Waals surface area contributed by atoms with Crippen molar-refractivity contribution in [1.82, 2.24) is 0 Å².